The van der Waals surface area contributed by atoms with Crippen LogP contribution in [0.3, 0.4) is 0 Å². The summed E-state index contributed by atoms with van der Waals surface area (Å²) < 4.78 is 15.6. The van der Waals surface area contributed by atoms with Gasteiger partial charge in [0, 0.05) is 13.2 Å². The highest BCUT2D eigenvalue weighted by Crippen LogP contribution is 2.10. The van der Waals surface area contributed by atoms with E-state index in [1.165, 1.54) is 11.1 Å². The summed E-state index contributed by atoms with van der Waals surface area (Å²) >= 11 is 0. The fourth-order valence-corrected chi connectivity index (χ4v) is 2.25. The largest absolute Gasteiger partial charge is 0.353 e. The Bertz CT molecular complexity index is 435. The minimum absolute atomic E-state index is 0.179. The topological polar surface area (TPSA) is 44.8 Å². The van der Waals surface area contributed by atoms with E-state index in [1.54, 1.807) is 6.08 Å². The van der Waals surface area contributed by atoms with Crippen molar-refractivity contribution >= 4 is 6.29 Å². The molecule has 0 saturated heterocycles. The molecule has 0 aromatic heterocycles. The van der Waals surface area contributed by atoms with Gasteiger partial charge in [0.15, 0.2) is 12.6 Å². The molecular formula is C23H42O4. The zero-order valence-electron chi connectivity index (χ0n) is 18.8. The number of rotatable bonds is 13. The molecule has 0 radical (unpaired) electrons. The molecule has 0 aromatic rings. The monoisotopic (exact) mass is 382 g/mol. The van der Waals surface area contributed by atoms with E-state index in [-0.39, 0.29) is 12.6 Å². The quantitative estimate of drug-likeness (QED) is 0.161. The molecule has 2 unspecified atom stereocenters. The van der Waals surface area contributed by atoms with Crippen molar-refractivity contribution < 1.29 is 19.0 Å². The molecule has 4 nitrogen and oxygen atoms in total. The van der Waals surface area contributed by atoms with Crippen LogP contribution in [0.5, 0.6) is 0 Å². The second kappa shape index (κ2) is 19.5. The molecular weight excluding hydrogens is 340 g/mol. The van der Waals surface area contributed by atoms with Crippen molar-refractivity contribution in [3.8, 4) is 0 Å². The molecule has 0 N–H and O–H groups in total. The summed E-state index contributed by atoms with van der Waals surface area (Å²) in [6.07, 6.45) is 11.0. The second-order valence-electron chi connectivity index (χ2n) is 6.74. The van der Waals surface area contributed by atoms with E-state index in [0.717, 1.165) is 37.5 Å². The predicted octanol–water partition coefficient (Wildman–Crippen LogP) is 6.37. The maximum absolute atomic E-state index is 10.2. The molecule has 0 aliphatic heterocycles. The Morgan fingerprint density at radius 2 is 1.30 bits per heavy atom. The summed E-state index contributed by atoms with van der Waals surface area (Å²) in [6.45, 7) is 17.4. The van der Waals surface area contributed by atoms with E-state index in [4.69, 9.17) is 14.2 Å². The molecule has 0 aliphatic carbocycles. The highest BCUT2D eigenvalue weighted by molar-refractivity contribution is 5.65. The van der Waals surface area contributed by atoms with Crippen LogP contribution in [0.25, 0.3) is 0 Å². The number of allylic oxidation sites excluding steroid dienone is 6. The SMILES string of the molecule is CC(C)=CCCC(C)=CCCC(C)=CC=O.CCOC(C)OC(C)OCC. The molecule has 0 aliphatic rings. The van der Waals surface area contributed by atoms with Crippen LogP contribution < -0.4 is 0 Å². The summed E-state index contributed by atoms with van der Waals surface area (Å²) in [5.74, 6) is 0. The molecule has 4 heteroatoms. The lowest BCUT2D eigenvalue weighted by atomic mass is 10.1. The molecule has 0 spiro atoms. The Labute approximate surface area is 167 Å². The number of aldehydes is 1. The van der Waals surface area contributed by atoms with Gasteiger partial charge >= 0.3 is 0 Å². The van der Waals surface area contributed by atoms with E-state index < -0.39 is 0 Å². The predicted molar refractivity (Wildman–Crippen MR) is 115 cm³/mol. The van der Waals surface area contributed by atoms with Gasteiger partial charge in [-0.25, -0.2) is 0 Å². The number of carbonyl (C=O) groups is 1. The van der Waals surface area contributed by atoms with E-state index >= 15 is 0 Å². The van der Waals surface area contributed by atoms with Crippen LogP contribution in [0.2, 0.25) is 0 Å². The molecule has 2 atom stereocenters. The standard InChI is InChI=1S/C15H24O.C8H18O3/c1-13(2)7-5-8-14(3)9-6-10-15(4)11-12-16;1-5-9-7(3)11-8(4)10-6-2/h7,9,11-12H,5-6,8,10H2,1-4H3;7-8H,5-6H2,1-4H3. The van der Waals surface area contributed by atoms with E-state index in [0.29, 0.717) is 13.2 Å². The summed E-state index contributed by atoms with van der Waals surface area (Å²) in [7, 11) is 0. The molecule has 27 heavy (non-hydrogen) atoms. The summed E-state index contributed by atoms with van der Waals surface area (Å²) in [6, 6.07) is 0. The zero-order valence-corrected chi connectivity index (χ0v) is 18.8. The number of hydrogen-bond donors (Lipinski definition) is 0. The van der Waals surface area contributed by atoms with Crippen molar-refractivity contribution in [2.24, 2.45) is 0 Å². The van der Waals surface area contributed by atoms with Crippen LogP contribution >= 0.6 is 0 Å². The Hall–Kier alpha value is -1.23. The summed E-state index contributed by atoms with van der Waals surface area (Å²) in [5.41, 5.74) is 3.98. The highest BCUT2D eigenvalue weighted by atomic mass is 16.8. The van der Waals surface area contributed by atoms with Crippen molar-refractivity contribution in [2.45, 2.75) is 93.7 Å². The van der Waals surface area contributed by atoms with E-state index in [1.807, 2.05) is 34.6 Å². The van der Waals surface area contributed by atoms with Gasteiger partial charge in [-0.1, -0.05) is 28.9 Å². The lowest BCUT2D eigenvalue weighted by Gasteiger charge is -2.18. The van der Waals surface area contributed by atoms with Gasteiger partial charge in [-0.15, -0.1) is 0 Å². The van der Waals surface area contributed by atoms with Gasteiger partial charge in [-0.2, -0.15) is 0 Å². The van der Waals surface area contributed by atoms with Crippen LogP contribution in [0.4, 0.5) is 0 Å². The first-order valence-electron chi connectivity index (χ1n) is 10.0. The average molecular weight is 383 g/mol. The van der Waals surface area contributed by atoms with Crippen molar-refractivity contribution in [3.63, 3.8) is 0 Å². The average Bonchev–Trinajstić information content (AvgIpc) is 2.55. The third-order valence-electron chi connectivity index (χ3n) is 3.66. The fourth-order valence-electron chi connectivity index (χ4n) is 2.25. The number of ether oxygens (including phenoxy) is 3. The molecule has 0 heterocycles. The number of carbonyl (C=O) groups excluding carboxylic acids is 1. The van der Waals surface area contributed by atoms with Gasteiger partial charge < -0.3 is 14.2 Å². The Kier molecular flexibility index (Phi) is 20.2. The first-order valence-corrected chi connectivity index (χ1v) is 10.0. The van der Waals surface area contributed by atoms with Gasteiger partial charge in [0.2, 0.25) is 0 Å². The Balaban J connectivity index is 0. The first kappa shape index (κ1) is 28.0. The van der Waals surface area contributed by atoms with Crippen molar-refractivity contribution in [3.05, 3.63) is 34.9 Å². The van der Waals surface area contributed by atoms with Gasteiger partial charge in [0.25, 0.3) is 0 Å². The minimum Gasteiger partial charge on any atom is -0.353 e. The molecule has 0 amide bonds. The maximum Gasteiger partial charge on any atom is 0.157 e. The third-order valence-corrected chi connectivity index (χ3v) is 3.66. The minimum atomic E-state index is -0.179. The summed E-state index contributed by atoms with van der Waals surface area (Å²) in [5, 5.41) is 0. The van der Waals surface area contributed by atoms with Crippen molar-refractivity contribution in [1.29, 1.82) is 0 Å². The normalized spacial score (nSPS) is 14.1. The first-order chi connectivity index (χ1) is 12.8. The highest BCUT2D eigenvalue weighted by Gasteiger charge is 2.06. The molecule has 0 fully saturated rings. The fraction of sp³-hybridized carbons (Fsp3) is 0.696. The van der Waals surface area contributed by atoms with Crippen LogP contribution in [0.15, 0.2) is 34.9 Å². The zero-order chi connectivity index (χ0) is 21.1. The lowest BCUT2D eigenvalue weighted by Crippen LogP contribution is -2.22. The Morgan fingerprint density at radius 3 is 1.74 bits per heavy atom. The van der Waals surface area contributed by atoms with Gasteiger partial charge in [-0.3, -0.25) is 4.79 Å². The molecule has 158 valence electrons. The van der Waals surface area contributed by atoms with E-state index in [9.17, 15) is 4.79 Å². The van der Waals surface area contributed by atoms with Crippen molar-refractivity contribution in [1.82, 2.24) is 0 Å². The van der Waals surface area contributed by atoms with Gasteiger partial charge in [-0.05, 0) is 87.1 Å². The van der Waals surface area contributed by atoms with Crippen LogP contribution in [0, 0.1) is 0 Å². The smallest absolute Gasteiger partial charge is 0.157 e. The third kappa shape index (κ3) is 22.7. The maximum atomic E-state index is 10.2. The molecule has 0 bridgehead atoms. The lowest BCUT2D eigenvalue weighted by molar-refractivity contribution is -0.228. The molecule has 0 rings (SSSR count). The van der Waals surface area contributed by atoms with Crippen LogP contribution in [-0.4, -0.2) is 32.1 Å². The van der Waals surface area contributed by atoms with Crippen LogP contribution in [-0.2, 0) is 19.0 Å². The van der Waals surface area contributed by atoms with Gasteiger partial charge in [0.1, 0.15) is 6.29 Å². The Morgan fingerprint density at radius 1 is 0.815 bits per heavy atom. The second-order valence-corrected chi connectivity index (χ2v) is 6.74. The molecule has 0 saturated carbocycles. The van der Waals surface area contributed by atoms with Gasteiger partial charge in [0.05, 0.1) is 0 Å². The van der Waals surface area contributed by atoms with Crippen LogP contribution in [0.1, 0.15) is 81.1 Å². The summed E-state index contributed by atoms with van der Waals surface area (Å²) in [4.78, 5) is 10.2. The van der Waals surface area contributed by atoms with E-state index in [2.05, 4.69) is 32.9 Å². The van der Waals surface area contributed by atoms with Crippen molar-refractivity contribution in [2.75, 3.05) is 13.2 Å². The molecule has 0 aromatic carbocycles. The number of hydrogen-bond acceptors (Lipinski definition) is 4.